The van der Waals surface area contributed by atoms with Gasteiger partial charge in [0.15, 0.2) is 5.52 Å². The Morgan fingerprint density at radius 3 is 2.50 bits per heavy atom. The van der Waals surface area contributed by atoms with E-state index in [0.717, 1.165) is 12.1 Å². The SMILES string of the molecule is O=C(CNS(=O)(=O)c1cccc2nonc12)N1CCN(c2cccc(C(F)(F)F)c2)CC1. The molecule has 32 heavy (non-hydrogen) atoms. The Bertz CT molecular complexity index is 1240. The number of sulfonamides is 1. The number of alkyl halides is 3. The second kappa shape index (κ2) is 8.39. The smallest absolute Gasteiger partial charge is 0.368 e. The summed E-state index contributed by atoms with van der Waals surface area (Å²) in [6.07, 6.45) is -4.43. The third-order valence-corrected chi connectivity index (χ3v) is 6.56. The van der Waals surface area contributed by atoms with Crippen molar-refractivity contribution in [3.05, 3.63) is 48.0 Å². The van der Waals surface area contributed by atoms with Crippen LogP contribution >= 0.6 is 0 Å². The van der Waals surface area contributed by atoms with Gasteiger partial charge in [0, 0.05) is 31.9 Å². The molecule has 1 amide bonds. The van der Waals surface area contributed by atoms with Crippen LogP contribution in [0.3, 0.4) is 0 Å². The molecule has 170 valence electrons. The fourth-order valence-electron chi connectivity index (χ4n) is 3.44. The van der Waals surface area contributed by atoms with E-state index in [-0.39, 0.29) is 29.0 Å². The predicted molar refractivity (Wildman–Crippen MR) is 107 cm³/mol. The molecule has 0 unspecified atom stereocenters. The highest BCUT2D eigenvalue weighted by Gasteiger charge is 2.31. The molecule has 0 bridgehead atoms. The summed E-state index contributed by atoms with van der Waals surface area (Å²) in [4.78, 5) is 15.6. The van der Waals surface area contributed by atoms with Gasteiger partial charge in [0.2, 0.25) is 15.9 Å². The molecule has 2 heterocycles. The molecule has 1 aromatic heterocycles. The maximum atomic E-state index is 12.9. The van der Waals surface area contributed by atoms with E-state index in [4.69, 9.17) is 0 Å². The van der Waals surface area contributed by atoms with Crippen LogP contribution in [0.2, 0.25) is 0 Å². The number of carbonyl (C=O) groups excluding carboxylic acids is 1. The maximum Gasteiger partial charge on any atom is 0.416 e. The number of piperazine rings is 1. The summed E-state index contributed by atoms with van der Waals surface area (Å²) in [6.45, 7) is 0.681. The Hall–Kier alpha value is -3.19. The van der Waals surface area contributed by atoms with Crippen LogP contribution in [0.25, 0.3) is 11.0 Å². The molecule has 1 aliphatic heterocycles. The minimum absolute atomic E-state index is 0.0575. The summed E-state index contributed by atoms with van der Waals surface area (Å²) < 4.78 is 70.8. The molecule has 3 aromatic rings. The van der Waals surface area contributed by atoms with E-state index >= 15 is 0 Å². The molecule has 1 saturated heterocycles. The standard InChI is InChI=1S/C19H18F3N5O4S/c20-19(21,22)13-3-1-4-14(11-13)26-7-9-27(10-8-26)17(28)12-23-32(29,30)16-6-2-5-15-18(16)25-31-24-15/h1-6,11,23H,7-10,12H2. The first kappa shape index (κ1) is 22.0. The lowest BCUT2D eigenvalue weighted by Crippen LogP contribution is -2.51. The lowest BCUT2D eigenvalue weighted by molar-refractivity contribution is -0.137. The minimum atomic E-state index is -4.43. The maximum absolute atomic E-state index is 12.9. The molecule has 1 aliphatic rings. The Morgan fingerprint density at radius 2 is 1.78 bits per heavy atom. The summed E-state index contributed by atoms with van der Waals surface area (Å²) in [5, 5.41) is 7.18. The number of benzene rings is 2. The Kier molecular flexibility index (Phi) is 5.77. The highest BCUT2D eigenvalue weighted by atomic mass is 32.2. The van der Waals surface area contributed by atoms with Crippen molar-refractivity contribution in [3.8, 4) is 0 Å². The van der Waals surface area contributed by atoms with Gasteiger partial charge in [-0.05, 0) is 40.6 Å². The van der Waals surface area contributed by atoms with Gasteiger partial charge in [-0.25, -0.2) is 17.8 Å². The zero-order valence-corrected chi connectivity index (χ0v) is 17.4. The fourth-order valence-corrected chi connectivity index (χ4v) is 4.56. The number of hydrogen-bond donors (Lipinski definition) is 1. The van der Waals surface area contributed by atoms with Gasteiger partial charge in [-0.1, -0.05) is 12.1 Å². The topological polar surface area (TPSA) is 109 Å². The molecule has 0 radical (unpaired) electrons. The number of anilines is 1. The molecule has 0 aliphatic carbocycles. The predicted octanol–water partition coefficient (Wildman–Crippen LogP) is 1.87. The van der Waals surface area contributed by atoms with Crippen molar-refractivity contribution in [2.75, 3.05) is 37.6 Å². The average Bonchev–Trinajstić information content (AvgIpc) is 3.26. The van der Waals surface area contributed by atoms with Gasteiger partial charge < -0.3 is 9.80 Å². The minimum Gasteiger partial charge on any atom is -0.368 e. The van der Waals surface area contributed by atoms with Crippen LogP contribution in [0.5, 0.6) is 0 Å². The number of halogens is 3. The molecule has 2 aromatic carbocycles. The summed E-state index contributed by atoms with van der Waals surface area (Å²) in [6, 6.07) is 9.36. The van der Waals surface area contributed by atoms with E-state index in [9.17, 15) is 26.4 Å². The molecule has 9 nitrogen and oxygen atoms in total. The second-order valence-electron chi connectivity index (χ2n) is 7.13. The average molecular weight is 469 g/mol. The third-order valence-electron chi connectivity index (χ3n) is 5.12. The van der Waals surface area contributed by atoms with Crippen molar-refractivity contribution in [1.82, 2.24) is 19.9 Å². The summed E-state index contributed by atoms with van der Waals surface area (Å²) >= 11 is 0. The van der Waals surface area contributed by atoms with Crippen molar-refractivity contribution in [2.24, 2.45) is 0 Å². The second-order valence-corrected chi connectivity index (χ2v) is 8.86. The van der Waals surface area contributed by atoms with E-state index in [1.807, 2.05) is 0 Å². The number of carbonyl (C=O) groups is 1. The largest absolute Gasteiger partial charge is 0.416 e. The van der Waals surface area contributed by atoms with E-state index in [2.05, 4.69) is 19.7 Å². The number of fused-ring (bicyclic) bond motifs is 1. The van der Waals surface area contributed by atoms with Crippen LogP contribution in [-0.2, 0) is 21.0 Å². The Labute approximate surface area is 180 Å². The van der Waals surface area contributed by atoms with Crippen molar-refractivity contribution < 1.29 is 31.0 Å². The summed E-state index contributed by atoms with van der Waals surface area (Å²) in [7, 11) is -4.04. The normalized spacial score (nSPS) is 15.3. The number of nitrogens with zero attached hydrogens (tertiary/aromatic N) is 4. The van der Waals surface area contributed by atoms with Gasteiger partial charge in [0.25, 0.3) is 0 Å². The van der Waals surface area contributed by atoms with Crippen molar-refractivity contribution in [2.45, 2.75) is 11.1 Å². The molecule has 4 rings (SSSR count). The van der Waals surface area contributed by atoms with Crippen LogP contribution in [0, 0.1) is 0 Å². The zero-order valence-electron chi connectivity index (χ0n) is 16.5. The first-order chi connectivity index (χ1) is 15.1. The fraction of sp³-hybridized carbons (Fsp3) is 0.316. The lowest BCUT2D eigenvalue weighted by atomic mass is 10.1. The van der Waals surface area contributed by atoms with Crippen molar-refractivity contribution >= 4 is 32.7 Å². The van der Waals surface area contributed by atoms with Gasteiger partial charge in [0.1, 0.15) is 10.4 Å². The first-order valence-corrected chi connectivity index (χ1v) is 11.0. The Balaban J connectivity index is 1.36. The molecule has 0 atom stereocenters. The van der Waals surface area contributed by atoms with E-state index in [1.165, 1.54) is 23.1 Å². The van der Waals surface area contributed by atoms with Crippen LogP contribution in [0.1, 0.15) is 5.56 Å². The van der Waals surface area contributed by atoms with Crippen LogP contribution in [-0.4, -0.2) is 62.3 Å². The summed E-state index contributed by atoms with van der Waals surface area (Å²) in [5.41, 5.74) is 0.00857. The van der Waals surface area contributed by atoms with Gasteiger partial charge in [0.05, 0.1) is 12.1 Å². The number of hydrogen-bond acceptors (Lipinski definition) is 7. The molecule has 0 saturated carbocycles. The van der Waals surface area contributed by atoms with Gasteiger partial charge >= 0.3 is 6.18 Å². The Morgan fingerprint density at radius 1 is 1.06 bits per heavy atom. The monoisotopic (exact) mass is 469 g/mol. The number of rotatable bonds is 5. The lowest BCUT2D eigenvalue weighted by Gasteiger charge is -2.36. The van der Waals surface area contributed by atoms with E-state index < -0.39 is 34.2 Å². The zero-order chi connectivity index (χ0) is 22.9. The van der Waals surface area contributed by atoms with Crippen LogP contribution in [0.4, 0.5) is 18.9 Å². The number of amides is 1. The number of nitrogens with one attached hydrogen (secondary N) is 1. The highest BCUT2D eigenvalue weighted by molar-refractivity contribution is 7.89. The molecule has 1 fully saturated rings. The number of aromatic nitrogens is 2. The van der Waals surface area contributed by atoms with Gasteiger partial charge in [-0.15, -0.1) is 0 Å². The van der Waals surface area contributed by atoms with E-state index in [1.54, 1.807) is 17.0 Å². The van der Waals surface area contributed by atoms with Crippen molar-refractivity contribution in [1.29, 1.82) is 0 Å². The highest BCUT2D eigenvalue weighted by Crippen LogP contribution is 2.31. The van der Waals surface area contributed by atoms with Crippen LogP contribution < -0.4 is 9.62 Å². The first-order valence-electron chi connectivity index (χ1n) is 9.56. The van der Waals surface area contributed by atoms with E-state index in [0.29, 0.717) is 18.8 Å². The molecular weight excluding hydrogens is 451 g/mol. The van der Waals surface area contributed by atoms with Gasteiger partial charge in [-0.3, -0.25) is 4.79 Å². The molecule has 0 spiro atoms. The third kappa shape index (κ3) is 4.53. The molecule has 1 N–H and O–H groups in total. The van der Waals surface area contributed by atoms with Crippen molar-refractivity contribution in [3.63, 3.8) is 0 Å². The molecular formula is C19H18F3N5O4S. The van der Waals surface area contributed by atoms with Gasteiger partial charge in [-0.2, -0.15) is 13.2 Å². The quantitative estimate of drug-likeness (QED) is 0.608. The summed E-state index contributed by atoms with van der Waals surface area (Å²) in [5.74, 6) is -0.442. The molecule has 13 heteroatoms. The van der Waals surface area contributed by atoms with Crippen LogP contribution in [0.15, 0.2) is 52.0 Å².